The summed E-state index contributed by atoms with van der Waals surface area (Å²) < 4.78 is 35.3. The molecule has 1 aliphatic rings. The zero-order valence-corrected chi connectivity index (χ0v) is 20.2. The molecule has 0 unspecified atom stereocenters. The van der Waals surface area contributed by atoms with Crippen molar-refractivity contribution in [1.29, 1.82) is 0 Å². The third-order valence-corrected chi connectivity index (χ3v) is 8.87. The predicted octanol–water partition coefficient (Wildman–Crippen LogP) is 6.70. The van der Waals surface area contributed by atoms with Gasteiger partial charge in [0, 0.05) is 23.1 Å². The lowest BCUT2D eigenvalue weighted by molar-refractivity contribution is 0.179. The van der Waals surface area contributed by atoms with Crippen LogP contribution in [0.5, 0.6) is 0 Å². The van der Waals surface area contributed by atoms with Crippen molar-refractivity contribution < 1.29 is 12.8 Å². The molecule has 1 aromatic heterocycles. The molecular weight excluding hydrogens is 406 g/mol. The first kappa shape index (κ1) is 21.9. The summed E-state index contributed by atoms with van der Waals surface area (Å²) in [4.78, 5) is 0.358. The Morgan fingerprint density at radius 2 is 1.77 bits per heavy atom. The lowest BCUT2D eigenvalue weighted by atomic mass is 9.69. The average Bonchev–Trinajstić information content (AvgIpc) is 3.03. The van der Waals surface area contributed by atoms with Gasteiger partial charge in [-0.25, -0.2) is 8.42 Å². The van der Waals surface area contributed by atoms with E-state index in [1.165, 1.54) is 5.56 Å². The van der Waals surface area contributed by atoms with Gasteiger partial charge in [-0.2, -0.15) is 0 Å². The largest absolute Gasteiger partial charge is 0.461 e. The molecule has 0 amide bonds. The summed E-state index contributed by atoms with van der Waals surface area (Å²) in [6.45, 7) is 12.6. The van der Waals surface area contributed by atoms with Gasteiger partial charge in [0.25, 0.3) is 10.0 Å². The molecule has 0 fully saturated rings. The number of benzene rings is 2. The molecular formula is C26H33NO3S. The number of furan rings is 1. The number of nitrogens with one attached hydrogen (secondary N) is 1. The minimum atomic E-state index is -3.68. The molecule has 0 spiro atoms. The van der Waals surface area contributed by atoms with Crippen LogP contribution < -0.4 is 4.72 Å². The van der Waals surface area contributed by atoms with Gasteiger partial charge in [0.05, 0.1) is 4.90 Å². The summed E-state index contributed by atoms with van der Waals surface area (Å²) in [5.74, 6) is 1.66. The van der Waals surface area contributed by atoms with Gasteiger partial charge in [-0.1, -0.05) is 44.9 Å². The molecule has 4 nitrogen and oxygen atoms in total. The smallest absolute Gasteiger partial charge is 0.262 e. The van der Waals surface area contributed by atoms with Crippen LogP contribution in [-0.2, 0) is 22.9 Å². The van der Waals surface area contributed by atoms with Crippen LogP contribution in [0.4, 0.5) is 5.69 Å². The molecule has 1 aliphatic carbocycles. The van der Waals surface area contributed by atoms with Crippen LogP contribution in [0, 0.1) is 32.1 Å². The normalized spacial score (nSPS) is 17.0. The van der Waals surface area contributed by atoms with Gasteiger partial charge in [0.1, 0.15) is 11.3 Å². The molecule has 0 saturated carbocycles. The number of aryl methyl sites for hydroxylation is 4. The fraction of sp³-hybridized carbons (Fsp3) is 0.462. The van der Waals surface area contributed by atoms with Crippen molar-refractivity contribution in [3.05, 3.63) is 58.3 Å². The summed E-state index contributed by atoms with van der Waals surface area (Å²) in [6, 6.07) is 9.44. The molecule has 31 heavy (non-hydrogen) atoms. The van der Waals surface area contributed by atoms with Gasteiger partial charge in [-0.3, -0.25) is 4.72 Å². The second-order valence-corrected chi connectivity index (χ2v) is 11.4. The maximum atomic E-state index is 13.2. The number of anilines is 1. The maximum absolute atomic E-state index is 13.2. The second-order valence-electron chi connectivity index (χ2n) is 9.83. The van der Waals surface area contributed by atoms with E-state index in [2.05, 4.69) is 25.5 Å². The highest BCUT2D eigenvalue weighted by Gasteiger charge is 2.33. The standard InChI is InChI=1S/C26H33NO3S/c1-7-26(5,6)19-8-10-23-21(14-19)22-15-20(9-11-24(22)30-23)27-31(28,29)25-17(3)12-16(2)13-18(25)4/h9,11-13,15,19,27H,7-8,10,14H2,1-6H3/t19-/m1/s1. The Bertz CT molecular complexity index is 1230. The molecule has 1 N–H and O–H groups in total. The van der Waals surface area contributed by atoms with Gasteiger partial charge in [-0.15, -0.1) is 0 Å². The highest BCUT2D eigenvalue weighted by Crippen LogP contribution is 2.43. The fourth-order valence-electron chi connectivity index (χ4n) is 5.09. The van der Waals surface area contributed by atoms with E-state index in [9.17, 15) is 8.42 Å². The molecule has 2 aromatic carbocycles. The van der Waals surface area contributed by atoms with Crippen LogP contribution in [0.2, 0.25) is 0 Å². The van der Waals surface area contributed by atoms with Crippen molar-refractivity contribution in [3.8, 4) is 0 Å². The van der Waals surface area contributed by atoms with E-state index in [4.69, 9.17) is 4.42 Å². The molecule has 0 bridgehead atoms. The summed E-state index contributed by atoms with van der Waals surface area (Å²) in [7, 11) is -3.68. The summed E-state index contributed by atoms with van der Waals surface area (Å²) >= 11 is 0. The molecule has 1 atom stereocenters. The summed E-state index contributed by atoms with van der Waals surface area (Å²) in [6.07, 6.45) is 4.21. The SMILES string of the molecule is CCC(C)(C)[C@@H]1CCc2oc3ccc(NS(=O)(=O)c4c(C)cc(C)cc4C)cc3c2C1. The first-order chi connectivity index (χ1) is 14.5. The monoisotopic (exact) mass is 439 g/mol. The van der Waals surface area contributed by atoms with Crippen molar-refractivity contribution in [3.63, 3.8) is 0 Å². The molecule has 1 heterocycles. The quantitative estimate of drug-likeness (QED) is 0.481. The Labute approximate surface area is 186 Å². The lowest BCUT2D eigenvalue weighted by Gasteiger charge is -2.36. The van der Waals surface area contributed by atoms with E-state index in [0.717, 1.165) is 59.1 Å². The van der Waals surface area contributed by atoms with Crippen molar-refractivity contribution >= 4 is 26.7 Å². The van der Waals surface area contributed by atoms with E-state index in [1.807, 2.05) is 45.0 Å². The van der Waals surface area contributed by atoms with E-state index in [-0.39, 0.29) is 5.41 Å². The average molecular weight is 440 g/mol. The van der Waals surface area contributed by atoms with Crippen LogP contribution in [0.15, 0.2) is 39.6 Å². The Hall–Kier alpha value is -2.27. The highest BCUT2D eigenvalue weighted by molar-refractivity contribution is 7.92. The van der Waals surface area contributed by atoms with E-state index >= 15 is 0 Å². The van der Waals surface area contributed by atoms with E-state index < -0.39 is 10.0 Å². The second kappa shape index (κ2) is 7.70. The van der Waals surface area contributed by atoms with Crippen LogP contribution >= 0.6 is 0 Å². The topological polar surface area (TPSA) is 59.3 Å². The first-order valence-electron chi connectivity index (χ1n) is 11.2. The Balaban J connectivity index is 1.70. The molecule has 166 valence electrons. The third-order valence-electron chi connectivity index (χ3n) is 7.19. The third kappa shape index (κ3) is 4.00. The number of hydrogen-bond acceptors (Lipinski definition) is 3. The first-order valence-corrected chi connectivity index (χ1v) is 12.6. The van der Waals surface area contributed by atoms with Crippen molar-refractivity contribution in [2.24, 2.45) is 11.3 Å². The molecule has 0 aliphatic heterocycles. The number of rotatable bonds is 5. The number of fused-ring (bicyclic) bond motifs is 3. The van der Waals surface area contributed by atoms with Crippen LogP contribution in [-0.4, -0.2) is 8.42 Å². The summed E-state index contributed by atoms with van der Waals surface area (Å²) in [5, 5.41) is 1.03. The van der Waals surface area contributed by atoms with Crippen LogP contribution in [0.1, 0.15) is 61.6 Å². The van der Waals surface area contributed by atoms with Crippen molar-refractivity contribution in [2.45, 2.75) is 72.1 Å². The Morgan fingerprint density at radius 3 is 2.42 bits per heavy atom. The van der Waals surface area contributed by atoms with Crippen molar-refractivity contribution in [2.75, 3.05) is 4.72 Å². The predicted molar refractivity (Wildman–Crippen MR) is 127 cm³/mol. The molecule has 4 rings (SSSR count). The Morgan fingerprint density at radius 1 is 1.10 bits per heavy atom. The number of hydrogen-bond donors (Lipinski definition) is 1. The number of sulfonamides is 1. The molecule has 5 heteroatoms. The van der Waals surface area contributed by atoms with Crippen LogP contribution in [0.25, 0.3) is 11.0 Å². The van der Waals surface area contributed by atoms with Gasteiger partial charge >= 0.3 is 0 Å². The zero-order valence-electron chi connectivity index (χ0n) is 19.4. The van der Waals surface area contributed by atoms with E-state index in [0.29, 0.717) is 16.5 Å². The van der Waals surface area contributed by atoms with Crippen molar-refractivity contribution in [1.82, 2.24) is 0 Å². The maximum Gasteiger partial charge on any atom is 0.262 e. The summed E-state index contributed by atoms with van der Waals surface area (Å²) in [5.41, 5.74) is 5.52. The molecule has 0 radical (unpaired) electrons. The van der Waals surface area contributed by atoms with E-state index in [1.54, 1.807) is 6.07 Å². The van der Waals surface area contributed by atoms with Crippen LogP contribution in [0.3, 0.4) is 0 Å². The molecule has 3 aromatic rings. The molecule has 0 saturated heterocycles. The lowest BCUT2D eigenvalue weighted by Crippen LogP contribution is -2.28. The van der Waals surface area contributed by atoms with Gasteiger partial charge < -0.3 is 4.42 Å². The zero-order chi connectivity index (χ0) is 22.6. The highest BCUT2D eigenvalue weighted by atomic mass is 32.2. The minimum absolute atomic E-state index is 0.279. The Kier molecular flexibility index (Phi) is 5.45. The minimum Gasteiger partial charge on any atom is -0.461 e. The van der Waals surface area contributed by atoms with Gasteiger partial charge in [0.15, 0.2) is 0 Å². The van der Waals surface area contributed by atoms with Gasteiger partial charge in [0.2, 0.25) is 0 Å². The van der Waals surface area contributed by atoms with Gasteiger partial charge in [-0.05, 0) is 74.3 Å². The fourth-order valence-corrected chi connectivity index (χ4v) is 6.60.